The van der Waals surface area contributed by atoms with Gasteiger partial charge in [-0.3, -0.25) is 0 Å². The van der Waals surface area contributed by atoms with Crippen molar-refractivity contribution < 1.29 is 13.2 Å². The molecule has 0 saturated heterocycles. The van der Waals surface area contributed by atoms with Crippen LogP contribution in [-0.2, 0) is 12.6 Å². The smallest absolute Gasteiger partial charge is 0.327 e. The Bertz CT molecular complexity index is 619. The van der Waals surface area contributed by atoms with Gasteiger partial charge in [0.1, 0.15) is 0 Å². The first-order valence-electron chi connectivity index (χ1n) is 6.64. The summed E-state index contributed by atoms with van der Waals surface area (Å²) in [6.45, 7) is 3.79. The third kappa shape index (κ3) is 3.60. The highest BCUT2D eigenvalue weighted by atomic mass is 19.4. The molecule has 0 fully saturated rings. The molecular weight excluding hydrogens is 281 g/mol. The molecule has 21 heavy (non-hydrogen) atoms. The molecule has 7 heteroatoms. The summed E-state index contributed by atoms with van der Waals surface area (Å²) in [5, 5.41) is 3.73. The Labute approximate surface area is 120 Å². The molecule has 0 radical (unpaired) electrons. The van der Waals surface area contributed by atoms with Gasteiger partial charge >= 0.3 is 6.18 Å². The van der Waals surface area contributed by atoms with E-state index in [9.17, 15) is 13.2 Å². The summed E-state index contributed by atoms with van der Waals surface area (Å²) < 4.78 is 38.9. The maximum atomic E-state index is 12.6. The highest BCUT2D eigenvalue weighted by molar-refractivity contribution is 5.35. The van der Waals surface area contributed by atoms with Gasteiger partial charge in [0.15, 0.2) is 5.82 Å². The number of rotatable bonds is 4. The number of halogens is 3. The normalized spacial score (nSPS) is 13.4. The Hall–Kier alpha value is -1.89. The van der Waals surface area contributed by atoms with Crippen LogP contribution in [0.3, 0.4) is 0 Å². The van der Waals surface area contributed by atoms with Gasteiger partial charge in [-0.1, -0.05) is 13.0 Å². The zero-order valence-electron chi connectivity index (χ0n) is 11.9. The Morgan fingerprint density at radius 3 is 2.57 bits per heavy atom. The fourth-order valence-electron chi connectivity index (χ4n) is 2.01. The SMILES string of the molecule is CCC(N)Cc1cnc(-n2cc(C(F)(F)F)cn2)c(C)c1. The molecule has 2 heterocycles. The maximum absolute atomic E-state index is 12.6. The number of alkyl halides is 3. The summed E-state index contributed by atoms with van der Waals surface area (Å²) in [5.74, 6) is 0.388. The van der Waals surface area contributed by atoms with E-state index in [2.05, 4.69) is 10.1 Å². The van der Waals surface area contributed by atoms with Gasteiger partial charge in [0.25, 0.3) is 0 Å². The van der Waals surface area contributed by atoms with Crippen molar-refractivity contribution in [1.82, 2.24) is 14.8 Å². The number of pyridine rings is 1. The summed E-state index contributed by atoms with van der Waals surface area (Å²) in [6, 6.07) is 1.94. The molecule has 0 spiro atoms. The lowest BCUT2D eigenvalue weighted by molar-refractivity contribution is -0.137. The van der Waals surface area contributed by atoms with E-state index in [-0.39, 0.29) is 6.04 Å². The minimum absolute atomic E-state index is 0.0542. The number of nitrogens with two attached hydrogens (primary N) is 1. The second kappa shape index (κ2) is 5.85. The van der Waals surface area contributed by atoms with Crippen LogP contribution < -0.4 is 5.73 Å². The Kier molecular flexibility index (Phi) is 4.32. The van der Waals surface area contributed by atoms with E-state index in [4.69, 9.17) is 5.73 Å². The largest absolute Gasteiger partial charge is 0.419 e. The molecule has 2 N–H and O–H groups in total. The van der Waals surface area contributed by atoms with Gasteiger partial charge in [-0.05, 0) is 30.9 Å². The lowest BCUT2D eigenvalue weighted by Gasteiger charge is -2.11. The van der Waals surface area contributed by atoms with Crippen molar-refractivity contribution in [2.45, 2.75) is 38.9 Å². The summed E-state index contributed by atoms with van der Waals surface area (Å²) >= 11 is 0. The van der Waals surface area contributed by atoms with Gasteiger partial charge in [-0.25, -0.2) is 9.67 Å². The zero-order valence-corrected chi connectivity index (χ0v) is 11.9. The molecule has 0 aliphatic carbocycles. The second-order valence-electron chi connectivity index (χ2n) is 5.03. The molecule has 1 atom stereocenters. The lowest BCUT2D eigenvalue weighted by Crippen LogP contribution is -2.21. The number of nitrogens with zero attached hydrogens (tertiary/aromatic N) is 3. The van der Waals surface area contributed by atoms with Crippen molar-refractivity contribution in [2.75, 3.05) is 0 Å². The predicted octanol–water partition coefficient (Wildman–Crippen LogP) is 2.87. The van der Waals surface area contributed by atoms with E-state index < -0.39 is 11.7 Å². The van der Waals surface area contributed by atoms with Gasteiger partial charge in [0, 0.05) is 18.4 Å². The van der Waals surface area contributed by atoms with E-state index in [1.54, 1.807) is 13.1 Å². The average Bonchev–Trinajstić information content (AvgIpc) is 2.88. The zero-order chi connectivity index (χ0) is 15.6. The van der Waals surface area contributed by atoms with E-state index in [0.717, 1.165) is 34.6 Å². The molecule has 2 aromatic heterocycles. The van der Waals surface area contributed by atoms with Crippen molar-refractivity contribution >= 4 is 0 Å². The Morgan fingerprint density at radius 2 is 2.05 bits per heavy atom. The Balaban J connectivity index is 2.27. The quantitative estimate of drug-likeness (QED) is 0.944. The first-order valence-corrected chi connectivity index (χ1v) is 6.64. The van der Waals surface area contributed by atoms with Crippen LogP contribution in [0, 0.1) is 6.92 Å². The van der Waals surface area contributed by atoms with E-state index in [1.165, 1.54) is 0 Å². The van der Waals surface area contributed by atoms with Gasteiger partial charge in [0.05, 0.1) is 11.8 Å². The molecule has 0 amide bonds. The van der Waals surface area contributed by atoms with Crippen LogP contribution in [0.1, 0.15) is 30.0 Å². The number of aromatic nitrogens is 3. The predicted molar refractivity (Wildman–Crippen MR) is 73.1 cm³/mol. The fraction of sp³-hybridized carbons (Fsp3) is 0.429. The van der Waals surface area contributed by atoms with Crippen molar-refractivity contribution in [3.05, 3.63) is 41.3 Å². The minimum atomic E-state index is -4.40. The molecule has 0 saturated carbocycles. The summed E-state index contributed by atoms with van der Waals surface area (Å²) in [6.07, 6.45) is 0.508. The monoisotopic (exact) mass is 298 g/mol. The van der Waals surface area contributed by atoms with Crippen LogP contribution in [0.25, 0.3) is 5.82 Å². The minimum Gasteiger partial charge on any atom is -0.327 e. The van der Waals surface area contributed by atoms with Crippen LogP contribution >= 0.6 is 0 Å². The fourth-order valence-corrected chi connectivity index (χ4v) is 2.01. The highest BCUT2D eigenvalue weighted by Gasteiger charge is 2.32. The van der Waals surface area contributed by atoms with E-state index in [0.29, 0.717) is 12.2 Å². The van der Waals surface area contributed by atoms with Crippen LogP contribution in [0.5, 0.6) is 0 Å². The molecule has 0 aliphatic heterocycles. The topological polar surface area (TPSA) is 56.7 Å². The summed E-state index contributed by atoms with van der Waals surface area (Å²) in [4.78, 5) is 4.21. The van der Waals surface area contributed by atoms with Crippen LogP contribution in [0.4, 0.5) is 13.2 Å². The molecule has 0 bridgehead atoms. The first-order chi connectivity index (χ1) is 9.81. The third-order valence-corrected chi connectivity index (χ3v) is 3.26. The van der Waals surface area contributed by atoms with Crippen molar-refractivity contribution in [2.24, 2.45) is 5.73 Å². The summed E-state index contributed by atoms with van der Waals surface area (Å²) in [5.41, 5.74) is 6.82. The molecule has 0 aliphatic rings. The number of aryl methyl sites for hydroxylation is 1. The number of hydrogen-bond acceptors (Lipinski definition) is 3. The molecule has 0 aromatic carbocycles. The summed E-state index contributed by atoms with van der Waals surface area (Å²) in [7, 11) is 0. The second-order valence-corrected chi connectivity index (χ2v) is 5.03. The molecule has 2 rings (SSSR count). The molecular formula is C14H17F3N4. The molecule has 4 nitrogen and oxygen atoms in total. The lowest BCUT2D eigenvalue weighted by atomic mass is 10.1. The molecule has 114 valence electrons. The average molecular weight is 298 g/mol. The van der Waals surface area contributed by atoms with Gasteiger partial charge in [-0.2, -0.15) is 18.3 Å². The van der Waals surface area contributed by atoms with Crippen molar-refractivity contribution in [3.8, 4) is 5.82 Å². The third-order valence-electron chi connectivity index (χ3n) is 3.26. The van der Waals surface area contributed by atoms with Gasteiger partial charge in [0.2, 0.25) is 0 Å². The van der Waals surface area contributed by atoms with Crippen LogP contribution in [-0.4, -0.2) is 20.8 Å². The molecule has 1 unspecified atom stereocenters. The maximum Gasteiger partial charge on any atom is 0.419 e. The van der Waals surface area contributed by atoms with Crippen LogP contribution in [0.2, 0.25) is 0 Å². The standard InChI is InChI=1S/C14H17F3N4/c1-3-12(18)5-10-4-9(2)13(19-6-10)21-8-11(7-20-21)14(15,16)17/h4,6-8,12H,3,5,18H2,1-2H3. The van der Waals surface area contributed by atoms with Gasteiger partial charge < -0.3 is 5.73 Å². The van der Waals surface area contributed by atoms with Crippen molar-refractivity contribution in [1.29, 1.82) is 0 Å². The number of hydrogen-bond donors (Lipinski definition) is 1. The van der Waals surface area contributed by atoms with Crippen molar-refractivity contribution in [3.63, 3.8) is 0 Å². The Morgan fingerprint density at radius 1 is 1.33 bits per heavy atom. The van der Waals surface area contributed by atoms with Gasteiger partial charge in [-0.15, -0.1) is 0 Å². The highest BCUT2D eigenvalue weighted by Crippen LogP contribution is 2.29. The molecule has 2 aromatic rings. The van der Waals surface area contributed by atoms with E-state index in [1.807, 2.05) is 13.0 Å². The van der Waals surface area contributed by atoms with E-state index >= 15 is 0 Å². The first kappa shape index (κ1) is 15.5. The van der Waals surface area contributed by atoms with Crippen LogP contribution in [0.15, 0.2) is 24.7 Å².